The van der Waals surface area contributed by atoms with E-state index in [9.17, 15) is 13.2 Å². The number of aromatic nitrogens is 2. The van der Waals surface area contributed by atoms with Gasteiger partial charge in [0.1, 0.15) is 0 Å². The normalized spacial score (nSPS) is 17.8. The van der Waals surface area contributed by atoms with Crippen LogP contribution in [0.5, 0.6) is 0 Å². The second kappa shape index (κ2) is 10.7. The highest BCUT2D eigenvalue weighted by atomic mass is 19.4. The number of nitrogens with one attached hydrogen (secondary N) is 3. The summed E-state index contributed by atoms with van der Waals surface area (Å²) in [7, 11) is 0. The first-order chi connectivity index (χ1) is 14.8. The molecule has 0 aliphatic carbocycles. The second-order valence-corrected chi connectivity index (χ2v) is 7.94. The van der Waals surface area contributed by atoms with Crippen LogP contribution in [0.1, 0.15) is 42.1 Å². The van der Waals surface area contributed by atoms with Gasteiger partial charge in [-0.15, -0.1) is 0 Å². The van der Waals surface area contributed by atoms with Gasteiger partial charge in [0.05, 0.1) is 11.8 Å². The summed E-state index contributed by atoms with van der Waals surface area (Å²) in [6.07, 6.45) is 0.434. The third-order valence-corrected chi connectivity index (χ3v) is 5.45. The predicted octanol–water partition coefficient (Wildman–Crippen LogP) is 3.50. The van der Waals surface area contributed by atoms with Gasteiger partial charge in [-0.05, 0) is 56.4 Å². The van der Waals surface area contributed by atoms with E-state index in [2.05, 4.69) is 30.7 Å². The first kappa shape index (κ1) is 23.1. The third-order valence-electron chi connectivity index (χ3n) is 5.45. The number of rotatable bonds is 8. The molecule has 1 aromatic carbocycles. The highest BCUT2D eigenvalue weighted by Crippen LogP contribution is 2.29. The molecule has 6 nitrogen and oxygen atoms in total. The smallest absolute Gasteiger partial charge is 0.357 e. The van der Waals surface area contributed by atoms with Crippen LogP contribution in [-0.2, 0) is 19.1 Å². The number of guanidine groups is 1. The highest BCUT2D eigenvalue weighted by molar-refractivity contribution is 5.80. The Bertz CT molecular complexity index is 844. The molecule has 1 atom stereocenters. The first-order valence-electron chi connectivity index (χ1n) is 10.8. The molecule has 9 heteroatoms. The Hall–Kier alpha value is -2.55. The van der Waals surface area contributed by atoms with Gasteiger partial charge in [-0.2, -0.15) is 18.3 Å². The van der Waals surface area contributed by atoms with E-state index in [0.29, 0.717) is 6.54 Å². The minimum absolute atomic E-state index is 0.267. The van der Waals surface area contributed by atoms with Crippen molar-refractivity contribution in [2.45, 2.75) is 51.9 Å². The molecule has 3 rings (SSSR count). The summed E-state index contributed by atoms with van der Waals surface area (Å²) < 4.78 is 38.2. The monoisotopic (exact) mass is 436 g/mol. The number of H-pyrrole nitrogens is 1. The van der Waals surface area contributed by atoms with E-state index in [1.165, 1.54) is 5.56 Å². The number of benzene rings is 1. The zero-order chi connectivity index (χ0) is 22.3. The van der Waals surface area contributed by atoms with Crippen LogP contribution in [0.2, 0.25) is 0 Å². The summed E-state index contributed by atoms with van der Waals surface area (Å²) in [6.45, 7) is 7.95. The van der Waals surface area contributed by atoms with Crippen molar-refractivity contribution in [3.05, 3.63) is 52.8 Å². The van der Waals surface area contributed by atoms with E-state index in [0.717, 1.165) is 74.8 Å². The maximum atomic E-state index is 12.7. The SMILES string of the molecule is CCNC(=NCCCc1cn[nH]c1C)NC1CCN(Cc2ccc(C(F)(F)F)cc2)C1. The van der Waals surface area contributed by atoms with Gasteiger partial charge in [-0.1, -0.05) is 12.1 Å². The van der Waals surface area contributed by atoms with Crippen LogP contribution in [0.25, 0.3) is 0 Å². The minimum Gasteiger partial charge on any atom is -0.357 e. The number of likely N-dealkylation sites (tertiary alicyclic amines) is 1. The van der Waals surface area contributed by atoms with Crippen LogP contribution in [0.4, 0.5) is 13.2 Å². The van der Waals surface area contributed by atoms with Crippen molar-refractivity contribution in [3.8, 4) is 0 Å². The van der Waals surface area contributed by atoms with Gasteiger partial charge in [0.25, 0.3) is 0 Å². The molecule has 31 heavy (non-hydrogen) atoms. The maximum Gasteiger partial charge on any atom is 0.416 e. The molecular weight excluding hydrogens is 405 g/mol. The number of aromatic amines is 1. The fourth-order valence-corrected chi connectivity index (χ4v) is 3.75. The van der Waals surface area contributed by atoms with E-state index in [4.69, 9.17) is 0 Å². The fourth-order valence-electron chi connectivity index (χ4n) is 3.75. The average Bonchev–Trinajstić information content (AvgIpc) is 3.33. The number of hydrogen-bond acceptors (Lipinski definition) is 3. The zero-order valence-electron chi connectivity index (χ0n) is 18.1. The van der Waals surface area contributed by atoms with Crippen LogP contribution >= 0.6 is 0 Å². The summed E-state index contributed by atoms with van der Waals surface area (Å²) in [6, 6.07) is 5.71. The number of hydrogen-bond donors (Lipinski definition) is 3. The molecule has 1 aliphatic rings. The Morgan fingerprint density at radius 1 is 1.29 bits per heavy atom. The van der Waals surface area contributed by atoms with E-state index < -0.39 is 11.7 Å². The molecule has 1 saturated heterocycles. The summed E-state index contributed by atoms with van der Waals surface area (Å²) in [5, 5.41) is 13.8. The van der Waals surface area contributed by atoms with Crippen molar-refractivity contribution in [3.63, 3.8) is 0 Å². The van der Waals surface area contributed by atoms with Crippen molar-refractivity contribution in [2.24, 2.45) is 4.99 Å². The lowest BCUT2D eigenvalue weighted by molar-refractivity contribution is -0.137. The molecule has 2 heterocycles. The van der Waals surface area contributed by atoms with Crippen molar-refractivity contribution in [2.75, 3.05) is 26.2 Å². The number of aryl methyl sites for hydroxylation is 2. The van der Waals surface area contributed by atoms with Gasteiger partial charge in [0, 0.05) is 44.5 Å². The first-order valence-corrected chi connectivity index (χ1v) is 10.8. The van der Waals surface area contributed by atoms with Gasteiger partial charge in [-0.3, -0.25) is 15.0 Å². The van der Waals surface area contributed by atoms with Crippen LogP contribution in [0.3, 0.4) is 0 Å². The number of alkyl halides is 3. The number of nitrogens with zero attached hydrogens (tertiary/aromatic N) is 3. The quantitative estimate of drug-likeness (QED) is 0.337. The van der Waals surface area contributed by atoms with Gasteiger partial charge < -0.3 is 10.6 Å². The lowest BCUT2D eigenvalue weighted by Gasteiger charge is -2.19. The van der Waals surface area contributed by atoms with Crippen LogP contribution < -0.4 is 10.6 Å². The summed E-state index contributed by atoms with van der Waals surface area (Å²) >= 11 is 0. The molecule has 2 aromatic rings. The maximum absolute atomic E-state index is 12.7. The zero-order valence-corrected chi connectivity index (χ0v) is 18.1. The number of halogens is 3. The van der Waals surface area contributed by atoms with Crippen LogP contribution in [-0.4, -0.2) is 53.3 Å². The minimum atomic E-state index is -4.29. The largest absolute Gasteiger partial charge is 0.416 e. The Labute approximate surface area is 181 Å². The van der Waals surface area contributed by atoms with Crippen LogP contribution in [0.15, 0.2) is 35.5 Å². The lowest BCUT2D eigenvalue weighted by atomic mass is 10.1. The Morgan fingerprint density at radius 2 is 2.06 bits per heavy atom. The van der Waals surface area contributed by atoms with E-state index >= 15 is 0 Å². The molecule has 1 fully saturated rings. The van der Waals surface area contributed by atoms with Crippen molar-refractivity contribution in [1.82, 2.24) is 25.7 Å². The summed E-state index contributed by atoms with van der Waals surface area (Å²) in [5.74, 6) is 0.813. The van der Waals surface area contributed by atoms with Gasteiger partial charge >= 0.3 is 6.18 Å². The molecule has 170 valence electrons. The third kappa shape index (κ3) is 6.99. The van der Waals surface area contributed by atoms with Gasteiger partial charge in [0.15, 0.2) is 5.96 Å². The standard InChI is InChI=1S/C22H31F3N6/c1-3-26-21(27-11-4-5-18-13-28-30-16(18)2)29-20-10-12-31(15-20)14-17-6-8-19(9-7-17)22(23,24)25/h6-9,13,20H,3-5,10-12,14-15H2,1-2H3,(H,28,30)(H2,26,27,29). The molecule has 0 radical (unpaired) electrons. The molecule has 0 spiro atoms. The fraction of sp³-hybridized carbons (Fsp3) is 0.545. The lowest BCUT2D eigenvalue weighted by Crippen LogP contribution is -2.44. The summed E-state index contributed by atoms with van der Waals surface area (Å²) in [5.41, 5.74) is 2.62. The molecule has 1 unspecified atom stereocenters. The molecule has 1 aliphatic heterocycles. The Kier molecular flexibility index (Phi) is 7.95. The summed E-state index contributed by atoms with van der Waals surface area (Å²) in [4.78, 5) is 6.94. The van der Waals surface area contributed by atoms with Crippen molar-refractivity contribution < 1.29 is 13.2 Å². The molecular formula is C22H31F3N6. The molecule has 0 bridgehead atoms. The Balaban J connectivity index is 1.45. The van der Waals surface area contributed by atoms with Crippen LogP contribution in [0, 0.1) is 6.92 Å². The Morgan fingerprint density at radius 3 is 2.71 bits per heavy atom. The second-order valence-electron chi connectivity index (χ2n) is 7.94. The molecule has 0 amide bonds. The number of aliphatic imine (C=N–C) groups is 1. The van der Waals surface area contributed by atoms with Crippen molar-refractivity contribution in [1.29, 1.82) is 0 Å². The highest BCUT2D eigenvalue weighted by Gasteiger charge is 2.30. The van der Waals surface area contributed by atoms with E-state index in [1.807, 2.05) is 20.0 Å². The predicted molar refractivity (Wildman–Crippen MR) is 116 cm³/mol. The average molecular weight is 437 g/mol. The molecule has 3 N–H and O–H groups in total. The topological polar surface area (TPSA) is 68.3 Å². The molecule has 1 aromatic heterocycles. The van der Waals surface area contributed by atoms with Gasteiger partial charge in [0.2, 0.25) is 0 Å². The van der Waals surface area contributed by atoms with Gasteiger partial charge in [-0.25, -0.2) is 0 Å². The van der Waals surface area contributed by atoms with E-state index in [1.54, 1.807) is 12.1 Å². The van der Waals surface area contributed by atoms with Crippen molar-refractivity contribution >= 4 is 5.96 Å². The molecule has 0 saturated carbocycles. The van der Waals surface area contributed by atoms with E-state index in [-0.39, 0.29) is 6.04 Å².